The lowest BCUT2D eigenvalue weighted by atomic mass is 10.1. The molecule has 0 bridgehead atoms. The van der Waals surface area contributed by atoms with Crippen LogP contribution in [0.2, 0.25) is 0 Å². The molecule has 0 aliphatic carbocycles. The third-order valence-electron chi connectivity index (χ3n) is 2.26. The molecule has 0 spiro atoms. The normalized spacial score (nSPS) is 12.4. The molecule has 0 saturated carbocycles. The molecule has 5 nitrogen and oxygen atoms in total. The average molecular weight is 241 g/mol. The van der Waals surface area contributed by atoms with Crippen molar-refractivity contribution in [3.63, 3.8) is 0 Å². The molecule has 92 valence electrons. The summed E-state index contributed by atoms with van der Waals surface area (Å²) in [6, 6.07) is 4.09. The lowest BCUT2D eigenvalue weighted by molar-refractivity contribution is -0.145. The Morgan fingerprint density at radius 3 is 2.41 bits per heavy atom. The van der Waals surface area contributed by atoms with E-state index in [4.69, 9.17) is 10.2 Å². The van der Waals surface area contributed by atoms with Gasteiger partial charge in [0.05, 0.1) is 6.54 Å². The number of carbonyl (C=O) groups is 2. The van der Waals surface area contributed by atoms with E-state index in [-0.39, 0.29) is 5.56 Å². The molecular formula is C11H12FNO4. The molecule has 2 N–H and O–H groups in total. The maximum absolute atomic E-state index is 13.5. The van der Waals surface area contributed by atoms with Gasteiger partial charge in [-0.15, -0.1) is 0 Å². The molecule has 1 atom stereocenters. The van der Waals surface area contributed by atoms with Gasteiger partial charge < -0.3 is 10.2 Å². The van der Waals surface area contributed by atoms with Crippen LogP contribution in [0.1, 0.15) is 11.6 Å². The number of hydrogen-bond donors (Lipinski definition) is 2. The van der Waals surface area contributed by atoms with E-state index in [1.165, 1.54) is 25.2 Å². The van der Waals surface area contributed by atoms with E-state index in [9.17, 15) is 14.0 Å². The van der Waals surface area contributed by atoms with Crippen molar-refractivity contribution in [1.29, 1.82) is 0 Å². The number of nitrogens with zero attached hydrogens (tertiary/aromatic N) is 1. The van der Waals surface area contributed by atoms with E-state index >= 15 is 0 Å². The van der Waals surface area contributed by atoms with Crippen LogP contribution in [0.15, 0.2) is 24.3 Å². The third-order valence-corrected chi connectivity index (χ3v) is 2.26. The second-order valence-corrected chi connectivity index (χ2v) is 3.57. The van der Waals surface area contributed by atoms with Gasteiger partial charge in [-0.2, -0.15) is 0 Å². The Morgan fingerprint density at radius 2 is 1.94 bits per heavy atom. The summed E-state index contributed by atoms with van der Waals surface area (Å²) in [5.74, 6) is -3.13. The molecule has 0 saturated heterocycles. The summed E-state index contributed by atoms with van der Waals surface area (Å²) in [6.45, 7) is -0.481. The Morgan fingerprint density at radius 1 is 1.35 bits per heavy atom. The van der Waals surface area contributed by atoms with Crippen molar-refractivity contribution in [2.24, 2.45) is 0 Å². The number of likely N-dealkylation sites (N-methyl/N-ethyl adjacent to an activating group) is 1. The first-order valence-electron chi connectivity index (χ1n) is 4.82. The molecule has 1 aromatic rings. The van der Waals surface area contributed by atoms with Crippen LogP contribution in [0.4, 0.5) is 4.39 Å². The second-order valence-electron chi connectivity index (χ2n) is 3.57. The highest BCUT2D eigenvalue weighted by molar-refractivity contribution is 5.77. The third kappa shape index (κ3) is 3.25. The Labute approximate surface area is 97.1 Å². The quantitative estimate of drug-likeness (QED) is 0.803. The minimum absolute atomic E-state index is 0.0521. The van der Waals surface area contributed by atoms with E-state index in [0.717, 1.165) is 11.0 Å². The standard InChI is InChI=1S/C11H12FNO4/c1-13(6-9(14)15)10(11(16)17)7-4-2-3-5-8(7)12/h2-5,10H,6H2,1H3,(H,14,15)(H,16,17). The van der Waals surface area contributed by atoms with Gasteiger partial charge in [-0.1, -0.05) is 18.2 Å². The molecular weight excluding hydrogens is 229 g/mol. The van der Waals surface area contributed by atoms with Crippen molar-refractivity contribution < 1.29 is 24.2 Å². The van der Waals surface area contributed by atoms with Gasteiger partial charge in [0, 0.05) is 5.56 Å². The van der Waals surface area contributed by atoms with Crippen molar-refractivity contribution in [2.45, 2.75) is 6.04 Å². The second kappa shape index (κ2) is 5.40. The summed E-state index contributed by atoms with van der Waals surface area (Å²) in [5, 5.41) is 17.6. The number of benzene rings is 1. The van der Waals surface area contributed by atoms with Crippen LogP contribution in [-0.4, -0.2) is 40.6 Å². The summed E-state index contributed by atoms with van der Waals surface area (Å²) in [7, 11) is 1.32. The van der Waals surface area contributed by atoms with Crippen molar-refractivity contribution in [3.8, 4) is 0 Å². The average Bonchev–Trinajstić information content (AvgIpc) is 2.19. The smallest absolute Gasteiger partial charge is 0.325 e. The Hall–Kier alpha value is -1.95. The molecule has 0 heterocycles. The van der Waals surface area contributed by atoms with E-state index in [1.807, 2.05) is 0 Å². The summed E-state index contributed by atoms with van der Waals surface area (Å²) in [6.07, 6.45) is 0. The van der Waals surface area contributed by atoms with E-state index in [2.05, 4.69) is 0 Å². The Bertz CT molecular complexity index is 435. The summed E-state index contributed by atoms with van der Waals surface area (Å²) >= 11 is 0. The molecule has 1 rings (SSSR count). The monoisotopic (exact) mass is 241 g/mol. The fraction of sp³-hybridized carbons (Fsp3) is 0.273. The summed E-state index contributed by atoms with van der Waals surface area (Å²) in [4.78, 5) is 22.7. The van der Waals surface area contributed by atoms with Crippen molar-refractivity contribution >= 4 is 11.9 Å². The molecule has 1 unspecified atom stereocenters. The SMILES string of the molecule is CN(CC(=O)O)C(C(=O)O)c1ccccc1F. The summed E-state index contributed by atoms with van der Waals surface area (Å²) < 4.78 is 13.5. The van der Waals surface area contributed by atoms with E-state index < -0.39 is 30.3 Å². The van der Waals surface area contributed by atoms with Gasteiger partial charge in [-0.3, -0.25) is 14.5 Å². The lowest BCUT2D eigenvalue weighted by Crippen LogP contribution is -2.35. The summed E-state index contributed by atoms with van der Waals surface area (Å²) in [5.41, 5.74) is -0.0521. The molecule has 0 fully saturated rings. The molecule has 1 aromatic carbocycles. The van der Waals surface area contributed by atoms with Crippen molar-refractivity contribution in [2.75, 3.05) is 13.6 Å². The van der Waals surface area contributed by atoms with Crippen LogP contribution in [0, 0.1) is 5.82 Å². The van der Waals surface area contributed by atoms with Crippen LogP contribution >= 0.6 is 0 Å². The topological polar surface area (TPSA) is 77.8 Å². The maximum atomic E-state index is 13.5. The largest absolute Gasteiger partial charge is 0.480 e. The van der Waals surface area contributed by atoms with Crippen LogP contribution in [0.5, 0.6) is 0 Å². The number of halogens is 1. The van der Waals surface area contributed by atoms with Crippen LogP contribution < -0.4 is 0 Å². The molecule has 0 radical (unpaired) electrons. The highest BCUT2D eigenvalue weighted by Crippen LogP contribution is 2.22. The predicted octanol–water partition coefficient (Wildman–Crippen LogP) is 0.968. The number of carboxylic acids is 2. The predicted molar refractivity (Wildman–Crippen MR) is 57.0 cm³/mol. The molecule has 0 amide bonds. The fourth-order valence-electron chi connectivity index (χ4n) is 1.56. The van der Waals surface area contributed by atoms with Gasteiger partial charge in [0.1, 0.15) is 11.9 Å². The highest BCUT2D eigenvalue weighted by atomic mass is 19.1. The van der Waals surface area contributed by atoms with Crippen LogP contribution in [-0.2, 0) is 9.59 Å². The molecule has 0 aliphatic heterocycles. The maximum Gasteiger partial charge on any atom is 0.325 e. The minimum atomic E-state index is -1.31. The molecule has 0 aromatic heterocycles. The van der Waals surface area contributed by atoms with Crippen molar-refractivity contribution in [1.82, 2.24) is 4.90 Å². The molecule has 0 aliphatic rings. The minimum Gasteiger partial charge on any atom is -0.480 e. The Kier molecular flexibility index (Phi) is 4.17. The zero-order valence-electron chi connectivity index (χ0n) is 9.13. The van der Waals surface area contributed by atoms with E-state index in [0.29, 0.717) is 0 Å². The van der Waals surface area contributed by atoms with Gasteiger partial charge in [0.15, 0.2) is 0 Å². The first-order chi connectivity index (χ1) is 7.93. The van der Waals surface area contributed by atoms with Crippen LogP contribution in [0.3, 0.4) is 0 Å². The van der Waals surface area contributed by atoms with Crippen molar-refractivity contribution in [3.05, 3.63) is 35.6 Å². The van der Waals surface area contributed by atoms with Gasteiger partial charge in [-0.05, 0) is 13.1 Å². The first-order valence-corrected chi connectivity index (χ1v) is 4.82. The first kappa shape index (κ1) is 13.1. The molecule has 17 heavy (non-hydrogen) atoms. The molecule has 6 heteroatoms. The fourth-order valence-corrected chi connectivity index (χ4v) is 1.56. The number of rotatable bonds is 5. The van der Waals surface area contributed by atoms with Gasteiger partial charge in [0.25, 0.3) is 0 Å². The van der Waals surface area contributed by atoms with Gasteiger partial charge in [0.2, 0.25) is 0 Å². The lowest BCUT2D eigenvalue weighted by Gasteiger charge is -2.23. The zero-order chi connectivity index (χ0) is 13.0. The zero-order valence-corrected chi connectivity index (χ0v) is 9.13. The number of hydrogen-bond acceptors (Lipinski definition) is 3. The number of aliphatic carboxylic acids is 2. The Balaban J connectivity index is 3.06. The van der Waals surface area contributed by atoms with Crippen LogP contribution in [0.25, 0.3) is 0 Å². The van der Waals surface area contributed by atoms with Gasteiger partial charge >= 0.3 is 11.9 Å². The van der Waals surface area contributed by atoms with Gasteiger partial charge in [-0.25, -0.2) is 4.39 Å². The number of carboxylic acid groups (broad SMARTS) is 2. The van der Waals surface area contributed by atoms with E-state index in [1.54, 1.807) is 0 Å². The highest BCUT2D eigenvalue weighted by Gasteiger charge is 2.28.